The van der Waals surface area contributed by atoms with Gasteiger partial charge in [-0.2, -0.15) is 5.10 Å². The third-order valence-corrected chi connectivity index (χ3v) is 7.21. The van der Waals surface area contributed by atoms with Gasteiger partial charge in [-0.1, -0.05) is 18.2 Å². The first-order valence-corrected chi connectivity index (χ1v) is 11.5. The third-order valence-electron chi connectivity index (χ3n) is 5.51. The van der Waals surface area contributed by atoms with Crippen molar-refractivity contribution in [3.8, 4) is 16.9 Å². The average Bonchev–Trinajstić information content (AvgIpc) is 3.18. The number of carbonyl (C=O) groups is 1. The lowest BCUT2D eigenvalue weighted by molar-refractivity contribution is 0.0298. The van der Waals surface area contributed by atoms with Crippen molar-refractivity contribution in [2.24, 2.45) is 0 Å². The summed E-state index contributed by atoms with van der Waals surface area (Å²) in [5.41, 5.74) is 2.66. The number of amides is 1. The van der Waals surface area contributed by atoms with Crippen molar-refractivity contribution in [3.63, 3.8) is 0 Å². The van der Waals surface area contributed by atoms with Gasteiger partial charge in [0.2, 0.25) is 0 Å². The quantitative estimate of drug-likeness (QED) is 0.650. The van der Waals surface area contributed by atoms with Gasteiger partial charge in [0.25, 0.3) is 5.91 Å². The van der Waals surface area contributed by atoms with Crippen LogP contribution in [0.15, 0.2) is 47.5 Å². The molecule has 1 aromatic carbocycles. The van der Waals surface area contributed by atoms with Crippen molar-refractivity contribution in [2.75, 3.05) is 26.3 Å². The van der Waals surface area contributed by atoms with Crippen LogP contribution in [0.2, 0.25) is 0 Å². The van der Waals surface area contributed by atoms with Crippen LogP contribution in [0.25, 0.3) is 16.9 Å². The van der Waals surface area contributed by atoms with Gasteiger partial charge in [0.1, 0.15) is 0 Å². The molecule has 1 saturated heterocycles. The van der Waals surface area contributed by atoms with Crippen molar-refractivity contribution < 1.29 is 23.1 Å². The number of morpholine rings is 1. The van der Waals surface area contributed by atoms with E-state index in [4.69, 9.17) is 4.74 Å². The van der Waals surface area contributed by atoms with E-state index in [0.717, 1.165) is 0 Å². The second-order valence-corrected chi connectivity index (χ2v) is 9.37. The lowest BCUT2D eigenvalue weighted by atomic mass is 10.0. The van der Waals surface area contributed by atoms with Crippen molar-refractivity contribution in [1.29, 1.82) is 0 Å². The number of hydrogen-bond donors (Lipinski definition) is 1. The average molecular weight is 440 g/mol. The lowest BCUT2D eigenvalue weighted by Gasteiger charge is -2.26. The summed E-state index contributed by atoms with van der Waals surface area (Å²) < 4.78 is 32.9. The third kappa shape index (κ3) is 3.32. The fourth-order valence-electron chi connectivity index (χ4n) is 3.98. The number of aliphatic hydroxyl groups is 1. The molecule has 5 rings (SSSR count). The molecule has 10 heteroatoms. The number of aromatic nitrogens is 3. The second-order valence-electron chi connectivity index (χ2n) is 7.41. The van der Waals surface area contributed by atoms with Gasteiger partial charge < -0.3 is 14.7 Å². The van der Waals surface area contributed by atoms with E-state index in [1.807, 2.05) is 0 Å². The van der Waals surface area contributed by atoms with Crippen LogP contribution in [0.4, 0.5) is 0 Å². The lowest BCUT2D eigenvalue weighted by Crippen LogP contribution is -2.41. The van der Waals surface area contributed by atoms with Crippen LogP contribution in [0.1, 0.15) is 21.7 Å². The van der Waals surface area contributed by atoms with Gasteiger partial charge in [-0.25, -0.2) is 13.1 Å². The van der Waals surface area contributed by atoms with Gasteiger partial charge >= 0.3 is 0 Å². The normalized spacial score (nSPS) is 17.1. The van der Waals surface area contributed by atoms with Gasteiger partial charge in [-0.3, -0.25) is 9.78 Å². The number of aliphatic hydroxyl groups excluding tert-OH is 1. The molecule has 0 radical (unpaired) electrons. The van der Waals surface area contributed by atoms with E-state index in [-0.39, 0.29) is 28.9 Å². The number of rotatable bonds is 3. The Morgan fingerprint density at radius 3 is 2.61 bits per heavy atom. The highest BCUT2D eigenvalue weighted by Crippen LogP contribution is 2.40. The van der Waals surface area contributed by atoms with Crippen LogP contribution >= 0.6 is 0 Å². The first kappa shape index (κ1) is 19.9. The molecule has 2 aliphatic heterocycles. The van der Waals surface area contributed by atoms with Crippen molar-refractivity contribution >= 4 is 15.7 Å². The van der Waals surface area contributed by atoms with E-state index in [2.05, 4.69) is 10.1 Å². The Morgan fingerprint density at radius 2 is 1.90 bits per heavy atom. The van der Waals surface area contributed by atoms with Crippen LogP contribution in [0.3, 0.4) is 0 Å². The first-order valence-electron chi connectivity index (χ1n) is 9.87. The smallest absolute Gasteiger partial charge is 0.274 e. The summed E-state index contributed by atoms with van der Waals surface area (Å²) >= 11 is 0. The van der Waals surface area contributed by atoms with Gasteiger partial charge in [-0.15, -0.1) is 0 Å². The summed E-state index contributed by atoms with van der Waals surface area (Å²) in [4.78, 5) is 19.4. The molecular weight excluding hydrogens is 420 g/mol. The van der Waals surface area contributed by atoms with Crippen LogP contribution in [0, 0.1) is 0 Å². The molecule has 0 aliphatic carbocycles. The van der Waals surface area contributed by atoms with Gasteiger partial charge in [0, 0.05) is 24.2 Å². The number of sulfone groups is 1. The van der Waals surface area contributed by atoms with Gasteiger partial charge in [0.15, 0.2) is 15.5 Å². The summed E-state index contributed by atoms with van der Waals surface area (Å²) in [7, 11) is -3.62. The van der Waals surface area contributed by atoms with E-state index in [1.54, 1.807) is 52.2 Å². The molecule has 0 saturated carbocycles. The highest BCUT2D eigenvalue weighted by Gasteiger charge is 2.37. The molecule has 0 unspecified atom stereocenters. The largest absolute Gasteiger partial charge is 0.390 e. The Morgan fingerprint density at radius 1 is 1.13 bits per heavy atom. The van der Waals surface area contributed by atoms with Gasteiger partial charge in [-0.05, 0) is 18.2 Å². The summed E-state index contributed by atoms with van der Waals surface area (Å²) in [5.74, 6) is -0.611. The Balaban J connectivity index is 1.73. The zero-order chi connectivity index (χ0) is 21.6. The number of hydrogen-bond acceptors (Lipinski definition) is 7. The zero-order valence-electron chi connectivity index (χ0n) is 16.6. The molecule has 2 aromatic heterocycles. The maximum absolute atomic E-state index is 13.3. The summed E-state index contributed by atoms with van der Waals surface area (Å²) in [5, 5.41) is 13.9. The molecule has 4 heterocycles. The molecule has 0 bridgehead atoms. The molecular formula is C21H20N4O5S. The van der Waals surface area contributed by atoms with E-state index < -0.39 is 9.84 Å². The molecule has 160 valence electrons. The highest BCUT2D eigenvalue weighted by molar-refractivity contribution is 7.90. The van der Waals surface area contributed by atoms with Crippen LogP contribution in [-0.2, 0) is 26.9 Å². The Hall–Kier alpha value is -3.08. The standard InChI is InChI=1S/C21H20N4O5S/c26-12-14-5-6-15(11-22-14)25-20-16-3-1-2-4-18(16)31(28,29)13-17(20)19(23-25)21(27)24-7-9-30-10-8-24/h1-6,11,26H,7-10,12-13H2. The molecule has 31 heavy (non-hydrogen) atoms. The molecule has 9 nitrogen and oxygen atoms in total. The first-order chi connectivity index (χ1) is 15.0. The highest BCUT2D eigenvalue weighted by atomic mass is 32.2. The molecule has 1 N–H and O–H groups in total. The monoisotopic (exact) mass is 440 g/mol. The molecule has 3 aromatic rings. The second kappa shape index (κ2) is 7.56. The molecule has 2 aliphatic rings. The fourth-order valence-corrected chi connectivity index (χ4v) is 5.57. The number of pyridine rings is 1. The molecule has 0 atom stereocenters. The van der Waals surface area contributed by atoms with E-state index in [0.29, 0.717) is 54.5 Å². The summed E-state index contributed by atoms with van der Waals surface area (Å²) in [6, 6.07) is 10.1. The predicted octanol–water partition coefficient (Wildman–Crippen LogP) is 1.19. The van der Waals surface area contributed by atoms with Crippen molar-refractivity contribution in [2.45, 2.75) is 17.3 Å². The predicted molar refractivity (Wildman–Crippen MR) is 110 cm³/mol. The van der Waals surface area contributed by atoms with Crippen LogP contribution in [-0.4, -0.2) is 65.4 Å². The Kier molecular flexibility index (Phi) is 4.84. The maximum atomic E-state index is 13.3. The minimum atomic E-state index is -3.62. The van der Waals surface area contributed by atoms with Crippen LogP contribution < -0.4 is 0 Å². The summed E-state index contributed by atoms with van der Waals surface area (Å²) in [6.07, 6.45) is 1.55. The number of ether oxygens (including phenoxy) is 1. The van der Waals surface area contributed by atoms with E-state index in [1.165, 1.54) is 0 Å². The molecule has 1 amide bonds. The maximum Gasteiger partial charge on any atom is 0.274 e. The van der Waals surface area contributed by atoms with Crippen molar-refractivity contribution in [1.82, 2.24) is 19.7 Å². The minimum Gasteiger partial charge on any atom is -0.390 e. The SMILES string of the molecule is O=C(c1nn(-c2ccc(CO)nc2)c2c1CS(=O)(=O)c1ccccc1-2)N1CCOCC1. The summed E-state index contributed by atoms with van der Waals surface area (Å²) in [6.45, 7) is 1.52. The topological polar surface area (TPSA) is 115 Å². The number of benzene rings is 1. The zero-order valence-corrected chi connectivity index (χ0v) is 17.4. The number of fused-ring (bicyclic) bond motifs is 3. The van der Waals surface area contributed by atoms with E-state index in [9.17, 15) is 18.3 Å². The van der Waals surface area contributed by atoms with E-state index >= 15 is 0 Å². The Bertz CT molecular complexity index is 1260. The molecule has 1 fully saturated rings. The van der Waals surface area contributed by atoms with Gasteiger partial charge in [0.05, 0.1) is 53.7 Å². The van der Waals surface area contributed by atoms with Crippen LogP contribution in [0.5, 0.6) is 0 Å². The number of carbonyl (C=O) groups excluding carboxylic acids is 1. The Labute approximate surface area is 178 Å². The number of nitrogens with zero attached hydrogens (tertiary/aromatic N) is 4. The fraction of sp³-hybridized carbons (Fsp3) is 0.286. The van der Waals surface area contributed by atoms with Crippen molar-refractivity contribution in [3.05, 3.63) is 59.5 Å². The molecule has 0 spiro atoms. The minimum absolute atomic E-state index is 0.126.